The number of carbonyl (C=O) groups excluding carboxylic acids is 2. The van der Waals surface area contributed by atoms with Crippen molar-refractivity contribution in [2.45, 2.75) is 44.6 Å². The average Bonchev–Trinajstić information content (AvgIpc) is 2.88. The molecule has 0 N–H and O–H groups in total. The van der Waals surface area contributed by atoms with E-state index in [9.17, 15) is 9.59 Å². The quantitative estimate of drug-likeness (QED) is 0.259. The van der Waals surface area contributed by atoms with E-state index in [0.717, 1.165) is 16.7 Å². The van der Waals surface area contributed by atoms with Crippen LogP contribution < -0.4 is 0 Å². The molecule has 1 aliphatic heterocycles. The number of amides is 1. The predicted octanol–water partition coefficient (Wildman–Crippen LogP) is 6.54. The molecule has 0 saturated carbocycles. The van der Waals surface area contributed by atoms with Gasteiger partial charge in [-0.2, -0.15) is 0 Å². The third-order valence-corrected chi connectivity index (χ3v) is 6.54. The average molecular weight is 504 g/mol. The molecule has 36 heavy (non-hydrogen) atoms. The number of morpholine rings is 1. The molecule has 6 heteroatoms. The molecule has 4 atom stereocenters. The Morgan fingerprint density at radius 2 is 1.81 bits per heavy atom. The van der Waals surface area contributed by atoms with Crippen LogP contribution in [0.4, 0.5) is 0 Å². The van der Waals surface area contributed by atoms with Crippen LogP contribution in [0.2, 0.25) is 5.02 Å². The van der Waals surface area contributed by atoms with Crippen LogP contribution in [0.1, 0.15) is 53.8 Å². The van der Waals surface area contributed by atoms with Crippen molar-refractivity contribution in [2.75, 3.05) is 6.61 Å². The molecule has 3 aromatic carbocycles. The highest BCUT2D eigenvalue weighted by atomic mass is 35.5. The van der Waals surface area contributed by atoms with E-state index in [-0.39, 0.29) is 12.5 Å². The molecule has 0 radical (unpaired) electrons. The highest BCUT2D eigenvalue weighted by Crippen LogP contribution is 2.47. The Kier molecular flexibility index (Phi) is 8.24. The molecule has 0 aromatic heterocycles. The maximum Gasteiger partial charge on any atom is 0.333 e. The van der Waals surface area contributed by atoms with Gasteiger partial charge in [0, 0.05) is 11.4 Å². The van der Waals surface area contributed by atoms with Crippen LogP contribution in [0.15, 0.2) is 91.5 Å². The number of esters is 1. The molecule has 3 aromatic rings. The SMILES string of the molecule is C=CCC1OC(c2cccc(Cl)c2)C(c2ccc(C)cc2)N(C(C(=O)OCC)c2ccccc2)C1=O. The van der Waals surface area contributed by atoms with Crippen LogP contribution in [-0.2, 0) is 19.1 Å². The number of rotatable bonds is 8. The van der Waals surface area contributed by atoms with E-state index in [1.54, 1.807) is 24.0 Å². The molecular weight excluding hydrogens is 474 g/mol. The van der Waals surface area contributed by atoms with Gasteiger partial charge in [-0.05, 0) is 42.7 Å². The minimum Gasteiger partial charge on any atom is -0.464 e. The van der Waals surface area contributed by atoms with Crippen molar-refractivity contribution in [1.82, 2.24) is 4.90 Å². The van der Waals surface area contributed by atoms with Crippen molar-refractivity contribution in [1.29, 1.82) is 0 Å². The fourth-order valence-corrected chi connectivity index (χ4v) is 4.86. The predicted molar refractivity (Wildman–Crippen MR) is 140 cm³/mol. The number of carbonyl (C=O) groups is 2. The van der Waals surface area contributed by atoms with E-state index in [4.69, 9.17) is 21.1 Å². The van der Waals surface area contributed by atoms with Gasteiger partial charge in [0.05, 0.1) is 12.6 Å². The smallest absolute Gasteiger partial charge is 0.333 e. The summed E-state index contributed by atoms with van der Waals surface area (Å²) in [6.07, 6.45) is 0.574. The fraction of sp³-hybridized carbons (Fsp3) is 0.267. The normalized spacial score (nSPS) is 20.6. The van der Waals surface area contributed by atoms with E-state index in [0.29, 0.717) is 17.0 Å². The molecule has 4 unspecified atom stereocenters. The molecule has 1 amide bonds. The van der Waals surface area contributed by atoms with Crippen molar-refractivity contribution in [3.63, 3.8) is 0 Å². The third-order valence-electron chi connectivity index (χ3n) is 6.31. The Morgan fingerprint density at radius 3 is 2.44 bits per heavy atom. The lowest BCUT2D eigenvalue weighted by Gasteiger charge is -2.47. The maximum atomic E-state index is 14.1. The van der Waals surface area contributed by atoms with Gasteiger partial charge in [-0.3, -0.25) is 4.79 Å². The monoisotopic (exact) mass is 503 g/mol. The molecule has 1 saturated heterocycles. The molecule has 0 spiro atoms. The van der Waals surface area contributed by atoms with E-state index in [1.807, 2.05) is 79.7 Å². The first-order valence-corrected chi connectivity index (χ1v) is 12.4. The number of hydrogen-bond acceptors (Lipinski definition) is 4. The minimum atomic E-state index is -0.956. The number of benzene rings is 3. The highest BCUT2D eigenvalue weighted by Gasteiger charge is 2.49. The van der Waals surface area contributed by atoms with Crippen molar-refractivity contribution in [3.05, 3.63) is 119 Å². The molecule has 1 aliphatic rings. The number of ether oxygens (including phenoxy) is 2. The molecule has 186 valence electrons. The Balaban J connectivity index is 1.95. The molecule has 1 fully saturated rings. The lowest BCUT2D eigenvalue weighted by atomic mass is 9.88. The van der Waals surface area contributed by atoms with Crippen LogP contribution >= 0.6 is 11.6 Å². The zero-order valence-corrected chi connectivity index (χ0v) is 21.2. The van der Waals surface area contributed by atoms with Gasteiger partial charge in [0.2, 0.25) is 0 Å². The summed E-state index contributed by atoms with van der Waals surface area (Å²) < 4.78 is 12.0. The molecule has 0 aliphatic carbocycles. The fourth-order valence-electron chi connectivity index (χ4n) is 4.66. The Bertz CT molecular complexity index is 1210. The topological polar surface area (TPSA) is 55.8 Å². The molecule has 5 nitrogen and oxygen atoms in total. The number of halogens is 1. The summed E-state index contributed by atoms with van der Waals surface area (Å²) >= 11 is 6.36. The van der Waals surface area contributed by atoms with E-state index in [2.05, 4.69) is 6.58 Å². The summed E-state index contributed by atoms with van der Waals surface area (Å²) in [5.41, 5.74) is 3.42. The van der Waals surface area contributed by atoms with Crippen molar-refractivity contribution < 1.29 is 19.1 Å². The van der Waals surface area contributed by atoms with Gasteiger partial charge in [0.1, 0.15) is 12.2 Å². The molecular formula is C30H30ClNO4. The third kappa shape index (κ3) is 5.38. The number of hydrogen-bond donors (Lipinski definition) is 0. The maximum absolute atomic E-state index is 14.1. The van der Waals surface area contributed by atoms with Crippen LogP contribution in [-0.4, -0.2) is 29.5 Å². The summed E-state index contributed by atoms with van der Waals surface area (Å²) in [7, 11) is 0. The van der Waals surface area contributed by atoms with Gasteiger partial charge in [-0.1, -0.05) is 90.0 Å². The van der Waals surface area contributed by atoms with Crippen LogP contribution in [0, 0.1) is 6.92 Å². The summed E-state index contributed by atoms with van der Waals surface area (Å²) in [6.45, 7) is 7.78. The van der Waals surface area contributed by atoms with Crippen molar-refractivity contribution in [3.8, 4) is 0 Å². The van der Waals surface area contributed by atoms with Crippen LogP contribution in [0.25, 0.3) is 0 Å². The molecule has 4 rings (SSSR count). The van der Waals surface area contributed by atoms with Crippen molar-refractivity contribution >= 4 is 23.5 Å². The van der Waals surface area contributed by atoms with Gasteiger partial charge >= 0.3 is 5.97 Å². The summed E-state index contributed by atoms with van der Waals surface area (Å²) in [6, 6.07) is 23.1. The molecule has 0 bridgehead atoms. The Hall–Kier alpha value is -3.41. The minimum absolute atomic E-state index is 0.198. The summed E-state index contributed by atoms with van der Waals surface area (Å²) in [5, 5.41) is 0.562. The van der Waals surface area contributed by atoms with Gasteiger partial charge in [0.25, 0.3) is 5.91 Å². The van der Waals surface area contributed by atoms with E-state index >= 15 is 0 Å². The second-order valence-electron chi connectivity index (χ2n) is 8.79. The lowest BCUT2D eigenvalue weighted by Crippen LogP contribution is -2.53. The summed E-state index contributed by atoms with van der Waals surface area (Å²) in [5.74, 6) is -0.779. The van der Waals surface area contributed by atoms with Crippen LogP contribution in [0.5, 0.6) is 0 Å². The second-order valence-corrected chi connectivity index (χ2v) is 9.23. The molecule has 1 heterocycles. The van der Waals surface area contributed by atoms with Gasteiger partial charge in [-0.25, -0.2) is 4.79 Å². The largest absolute Gasteiger partial charge is 0.464 e. The zero-order valence-electron chi connectivity index (χ0n) is 20.5. The number of aryl methyl sites for hydroxylation is 1. The van der Waals surface area contributed by atoms with Crippen molar-refractivity contribution in [2.24, 2.45) is 0 Å². The van der Waals surface area contributed by atoms with E-state index < -0.39 is 30.3 Å². The first-order valence-electron chi connectivity index (χ1n) is 12.1. The van der Waals surface area contributed by atoms with Gasteiger partial charge < -0.3 is 14.4 Å². The first-order chi connectivity index (χ1) is 17.4. The van der Waals surface area contributed by atoms with Gasteiger partial charge in [-0.15, -0.1) is 6.58 Å². The summed E-state index contributed by atoms with van der Waals surface area (Å²) in [4.78, 5) is 29.2. The standard InChI is InChI=1S/C30H30ClNO4/c1-4-10-25-29(33)32(27(30(34)35-5-2)21-11-7-6-8-12-21)26(22-17-15-20(3)16-18-22)28(36-25)23-13-9-14-24(31)19-23/h4,6-9,11-19,25-28H,1,5,10H2,2-3H3. The zero-order chi connectivity index (χ0) is 25.7. The van der Waals surface area contributed by atoms with Crippen LogP contribution in [0.3, 0.4) is 0 Å². The second kappa shape index (κ2) is 11.5. The van der Waals surface area contributed by atoms with E-state index in [1.165, 1.54) is 0 Å². The number of nitrogens with zero attached hydrogens (tertiary/aromatic N) is 1. The lowest BCUT2D eigenvalue weighted by molar-refractivity contribution is -0.186. The highest BCUT2D eigenvalue weighted by molar-refractivity contribution is 6.30. The Labute approximate surface area is 217 Å². The Morgan fingerprint density at radius 1 is 1.08 bits per heavy atom. The van der Waals surface area contributed by atoms with Gasteiger partial charge in [0.15, 0.2) is 6.04 Å². The first kappa shape index (κ1) is 25.7.